The second-order valence-electron chi connectivity index (χ2n) is 10.4. The van der Waals surface area contributed by atoms with Crippen molar-refractivity contribution in [1.82, 2.24) is 19.8 Å². The number of piperazine rings is 1. The van der Waals surface area contributed by atoms with Gasteiger partial charge in [0, 0.05) is 61.1 Å². The summed E-state index contributed by atoms with van der Waals surface area (Å²) in [6.07, 6.45) is 1.62. The summed E-state index contributed by atoms with van der Waals surface area (Å²) in [5, 5.41) is 35.9. The van der Waals surface area contributed by atoms with E-state index in [4.69, 9.17) is 0 Å². The number of nitriles is 2. The first-order valence-corrected chi connectivity index (χ1v) is 12.8. The number of benzene rings is 2. The molecule has 2 aromatic carbocycles. The number of aliphatic hydroxyl groups excluding tert-OH is 1. The molecule has 3 heterocycles. The zero-order chi connectivity index (χ0) is 27.7. The Labute approximate surface area is 227 Å². The average molecular weight is 523 g/mol. The van der Waals surface area contributed by atoms with E-state index in [1.807, 2.05) is 31.9 Å². The molecule has 2 aliphatic heterocycles. The van der Waals surface area contributed by atoms with E-state index in [1.165, 1.54) is 0 Å². The first-order chi connectivity index (χ1) is 18.8. The van der Waals surface area contributed by atoms with E-state index in [2.05, 4.69) is 37.6 Å². The molecule has 10 heteroatoms. The second-order valence-corrected chi connectivity index (χ2v) is 10.4. The third-order valence-corrected chi connectivity index (χ3v) is 7.67. The molecular formula is C29H30N8O2. The number of fused-ring (bicyclic) bond motifs is 1. The van der Waals surface area contributed by atoms with E-state index in [0.29, 0.717) is 59.2 Å². The molecule has 10 nitrogen and oxygen atoms in total. The van der Waals surface area contributed by atoms with Crippen LogP contribution in [0.15, 0.2) is 36.5 Å². The van der Waals surface area contributed by atoms with E-state index < -0.39 is 5.41 Å². The Morgan fingerprint density at radius 2 is 1.95 bits per heavy atom. The lowest BCUT2D eigenvalue weighted by molar-refractivity contribution is 0.0663. The average Bonchev–Trinajstić information content (AvgIpc) is 3.30. The molecule has 3 aromatic rings. The summed E-state index contributed by atoms with van der Waals surface area (Å²) in [6, 6.07) is 13.2. The summed E-state index contributed by atoms with van der Waals surface area (Å²) in [4.78, 5) is 26.4. The molecule has 198 valence electrons. The maximum Gasteiger partial charge on any atom is 0.254 e. The van der Waals surface area contributed by atoms with Gasteiger partial charge in [-0.05, 0) is 55.4 Å². The van der Waals surface area contributed by atoms with Gasteiger partial charge in [-0.1, -0.05) is 6.92 Å². The summed E-state index contributed by atoms with van der Waals surface area (Å²) in [5.41, 5.74) is 5.05. The Balaban J connectivity index is 1.48. The predicted octanol–water partition coefficient (Wildman–Crippen LogP) is 3.00. The van der Waals surface area contributed by atoms with Crippen LogP contribution in [-0.4, -0.2) is 77.2 Å². The number of hydrogen-bond donors (Lipinski definition) is 3. The number of aromatic nitrogens is 2. The fraction of sp³-hybridized carbons (Fsp3) is 0.345. The highest BCUT2D eigenvalue weighted by Gasteiger charge is 2.36. The van der Waals surface area contributed by atoms with Crippen molar-refractivity contribution in [3.8, 4) is 23.4 Å². The van der Waals surface area contributed by atoms with Gasteiger partial charge in [-0.25, -0.2) is 9.97 Å². The SMILES string of the molecule is Cc1c(Nc2nccc(-c3cc(C#N)c4c(c3)C(C)(CO)CN4)n2)cc(C#N)cc1C(=O)N1CCN(C)CC1. The minimum atomic E-state index is -0.507. The van der Waals surface area contributed by atoms with Crippen LogP contribution in [0, 0.1) is 29.6 Å². The molecule has 1 atom stereocenters. The predicted molar refractivity (Wildman–Crippen MR) is 148 cm³/mol. The van der Waals surface area contributed by atoms with Gasteiger partial charge < -0.3 is 25.5 Å². The fourth-order valence-corrected chi connectivity index (χ4v) is 5.08. The number of rotatable bonds is 5. The molecule has 1 amide bonds. The maximum atomic E-state index is 13.4. The summed E-state index contributed by atoms with van der Waals surface area (Å²) in [7, 11) is 2.03. The van der Waals surface area contributed by atoms with Crippen LogP contribution >= 0.6 is 0 Å². The summed E-state index contributed by atoms with van der Waals surface area (Å²) in [5.74, 6) is 0.198. The van der Waals surface area contributed by atoms with Crippen molar-refractivity contribution < 1.29 is 9.90 Å². The number of anilines is 3. The first-order valence-electron chi connectivity index (χ1n) is 12.8. The Kier molecular flexibility index (Phi) is 6.92. The largest absolute Gasteiger partial charge is 0.395 e. The van der Waals surface area contributed by atoms with Crippen LogP contribution in [0.4, 0.5) is 17.3 Å². The van der Waals surface area contributed by atoms with Gasteiger partial charge in [-0.3, -0.25) is 4.79 Å². The van der Waals surface area contributed by atoms with Crippen LogP contribution in [0.1, 0.15) is 39.5 Å². The maximum absolute atomic E-state index is 13.4. The van der Waals surface area contributed by atoms with Gasteiger partial charge in [0.15, 0.2) is 0 Å². The number of carbonyl (C=O) groups is 1. The fourth-order valence-electron chi connectivity index (χ4n) is 5.08. The van der Waals surface area contributed by atoms with Crippen LogP contribution in [0.3, 0.4) is 0 Å². The molecule has 1 aromatic heterocycles. The van der Waals surface area contributed by atoms with E-state index in [-0.39, 0.29) is 12.5 Å². The lowest BCUT2D eigenvalue weighted by Crippen LogP contribution is -2.47. The van der Waals surface area contributed by atoms with Gasteiger partial charge in [0.2, 0.25) is 5.95 Å². The first kappa shape index (κ1) is 26.1. The van der Waals surface area contributed by atoms with Crippen molar-refractivity contribution in [2.75, 3.05) is 57.0 Å². The van der Waals surface area contributed by atoms with Crippen molar-refractivity contribution in [3.05, 3.63) is 64.3 Å². The third-order valence-electron chi connectivity index (χ3n) is 7.67. The molecule has 3 N–H and O–H groups in total. The molecule has 0 radical (unpaired) electrons. The molecule has 1 fully saturated rings. The van der Waals surface area contributed by atoms with Crippen LogP contribution in [0.25, 0.3) is 11.3 Å². The van der Waals surface area contributed by atoms with Crippen LogP contribution < -0.4 is 10.6 Å². The number of nitrogens with zero attached hydrogens (tertiary/aromatic N) is 6. The van der Waals surface area contributed by atoms with Gasteiger partial charge in [-0.2, -0.15) is 10.5 Å². The van der Waals surface area contributed by atoms with Gasteiger partial charge in [0.1, 0.15) is 6.07 Å². The summed E-state index contributed by atoms with van der Waals surface area (Å²) < 4.78 is 0. The number of aliphatic hydroxyl groups is 1. The summed E-state index contributed by atoms with van der Waals surface area (Å²) in [6.45, 7) is 7.16. The molecule has 2 aliphatic rings. The molecule has 39 heavy (non-hydrogen) atoms. The highest BCUT2D eigenvalue weighted by Crippen LogP contribution is 2.41. The lowest BCUT2D eigenvalue weighted by Gasteiger charge is -2.33. The Hall–Kier alpha value is -4.51. The monoisotopic (exact) mass is 522 g/mol. The van der Waals surface area contributed by atoms with Gasteiger partial charge in [-0.15, -0.1) is 0 Å². The molecule has 0 bridgehead atoms. The van der Waals surface area contributed by atoms with Gasteiger partial charge in [0.05, 0.1) is 35.2 Å². The van der Waals surface area contributed by atoms with Crippen LogP contribution in [0.2, 0.25) is 0 Å². The molecular weight excluding hydrogens is 492 g/mol. The highest BCUT2D eigenvalue weighted by molar-refractivity contribution is 5.98. The van der Waals surface area contributed by atoms with Crippen molar-refractivity contribution in [1.29, 1.82) is 10.5 Å². The molecule has 1 unspecified atom stereocenters. The zero-order valence-electron chi connectivity index (χ0n) is 22.2. The molecule has 0 aliphatic carbocycles. The van der Waals surface area contributed by atoms with E-state index in [9.17, 15) is 20.4 Å². The van der Waals surface area contributed by atoms with E-state index in [1.54, 1.807) is 30.5 Å². The Morgan fingerprint density at radius 3 is 2.64 bits per heavy atom. The molecule has 0 saturated carbocycles. The minimum absolute atomic E-state index is 0.0540. The van der Waals surface area contributed by atoms with Crippen molar-refractivity contribution >= 4 is 23.2 Å². The van der Waals surface area contributed by atoms with Gasteiger partial charge in [0.25, 0.3) is 5.91 Å². The van der Waals surface area contributed by atoms with Crippen molar-refractivity contribution in [2.45, 2.75) is 19.3 Å². The molecule has 1 saturated heterocycles. The second kappa shape index (κ2) is 10.3. The Morgan fingerprint density at radius 1 is 1.18 bits per heavy atom. The highest BCUT2D eigenvalue weighted by atomic mass is 16.3. The van der Waals surface area contributed by atoms with Crippen LogP contribution in [0.5, 0.6) is 0 Å². The number of nitrogens with one attached hydrogen (secondary N) is 2. The number of hydrogen-bond acceptors (Lipinski definition) is 9. The molecule has 5 rings (SSSR count). The lowest BCUT2D eigenvalue weighted by atomic mass is 9.83. The normalized spacial score (nSPS) is 18.6. The zero-order valence-corrected chi connectivity index (χ0v) is 22.2. The third kappa shape index (κ3) is 4.88. The standard InChI is InChI=1S/C29H30N8O2/c1-18-22(27(39)37-8-6-36(3)7-9-37)10-19(14-30)11-25(18)35-28-32-5-4-24(34-28)20-12-21(15-31)26-23(13-20)29(2,17-38)16-33-26/h4-5,10-13,33,38H,6-9,16-17H2,1-3H3,(H,32,34,35). The van der Waals surface area contributed by atoms with Crippen molar-refractivity contribution in [2.24, 2.45) is 0 Å². The minimum Gasteiger partial charge on any atom is -0.395 e. The van der Waals surface area contributed by atoms with E-state index in [0.717, 1.165) is 29.9 Å². The number of carbonyl (C=O) groups excluding carboxylic acids is 1. The van der Waals surface area contributed by atoms with Crippen molar-refractivity contribution in [3.63, 3.8) is 0 Å². The summed E-state index contributed by atoms with van der Waals surface area (Å²) >= 11 is 0. The van der Waals surface area contributed by atoms with E-state index >= 15 is 0 Å². The number of likely N-dealkylation sites (N-methyl/N-ethyl adjacent to an activating group) is 1. The Bertz CT molecular complexity index is 1530. The smallest absolute Gasteiger partial charge is 0.254 e. The van der Waals surface area contributed by atoms with Crippen LogP contribution in [-0.2, 0) is 5.41 Å². The van der Waals surface area contributed by atoms with Gasteiger partial charge >= 0.3 is 0 Å². The number of amides is 1. The quantitative estimate of drug-likeness (QED) is 0.461. The topological polar surface area (TPSA) is 141 Å². The molecule has 0 spiro atoms.